The Bertz CT molecular complexity index is 1180. The maximum Gasteiger partial charge on any atom is 0.216 e. The lowest BCUT2D eigenvalue weighted by Gasteiger charge is -2.26. The maximum absolute atomic E-state index is 9.72. The Balaban J connectivity index is 1.28. The van der Waals surface area contributed by atoms with Crippen LogP contribution in [0.5, 0.6) is 0 Å². The summed E-state index contributed by atoms with van der Waals surface area (Å²) >= 11 is 1.45. The number of rotatable bonds is 6. The van der Waals surface area contributed by atoms with Crippen LogP contribution in [-0.4, -0.2) is 47.4 Å². The van der Waals surface area contributed by atoms with Gasteiger partial charge in [0, 0.05) is 6.04 Å². The van der Waals surface area contributed by atoms with Gasteiger partial charge in [-0.15, -0.1) is 15.0 Å². The molecule has 164 valence electrons. The number of pyridine rings is 1. The number of benzene rings is 1. The van der Waals surface area contributed by atoms with Gasteiger partial charge in [-0.2, -0.15) is 0 Å². The molecule has 0 bridgehead atoms. The Morgan fingerprint density at radius 2 is 1.84 bits per heavy atom. The zero-order valence-electron chi connectivity index (χ0n) is 17.6. The molecule has 0 saturated heterocycles. The minimum Gasteiger partial charge on any atom is -0.393 e. The molecule has 1 fully saturated rings. The molecule has 0 spiro atoms. The molecule has 1 aromatic carbocycles. The van der Waals surface area contributed by atoms with Crippen LogP contribution >= 0.6 is 11.3 Å². The fraction of sp³-hybridized carbons (Fsp3) is 0.318. The van der Waals surface area contributed by atoms with E-state index in [4.69, 9.17) is 4.98 Å². The first kappa shape index (κ1) is 20.5. The van der Waals surface area contributed by atoms with Crippen LogP contribution in [0.3, 0.4) is 0 Å². The number of tetrazole rings is 1. The second-order valence-electron chi connectivity index (χ2n) is 7.96. The van der Waals surface area contributed by atoms with Crippen LogP contribution in [0.15, 0.2) is 48.7 Å². The van der Waals surface area contributed by atoms with Crippen molar-refractivity contribution in [2.75, 3.05) is 10.6 Å². The molecule has 0 aliphatic heterocycles. The Kier molecular flexibility index (Phi) is 5.78. The highest BCUT2D eigenvalue weighted by molar-refractivity contribution is 7.18. The van der Waals surface area contributed by atoms with E-state index >= 15 is 0 Å². The van der Waals surface area contributed by atoms with Crippen LogP contribution in [0, 0.1) is 6.92 Å². The molecular formula is C22H24N8OS. The summed E-state index contributed by atoms with van der Waals surface area (Å²) in [4.78, 5) is 11.5. The SMILES string of the molecule is Cc1cc(Nc2ncc(-c3nnn(-c4ccccc4)n3)s2)nc(NC2CCC(O)CC2)c1. The molecular weight excluding hydrogens is 424 g/mol. The van der Waals surface area contributed by atoms with Gasteiger partial charge in [0.25, 0.3) is 0 Å². The average Bonchev–Trinajstić information content (AvgIpc) is 3.45. The third-order valence-corrected chi connectivity index (χ3v) is 6.29. The molecule has 10 heteroatoms. The number of aryl methyl sites for hydroxylation is 1. The van der Waals surface area contributed by atoms with E-state index in [9.17, 15) is 5.11 Å². The molecule has 1 saturated carbocycles. The van der Waals surface area contributed by atoms with Crippen molar-refractivity contribution in [1.82, 2.24) is 30.2 Å². The Hall–Kier alpha value is -3.37. The lowest BCUT2D eigenvalue weighted by atomic mass is 9.93. The van der Waals surface area contributed by atoms with Crippen LogP contribution < -0.4 is 10.6 Å². The van der Waals surface area contributed by atoms with Gasteiger partial charge in [0.1, 0.15) is 11.6 Å². The molecule has 1 aliphatic carbocycles. The van der Waals surface area contributed by atoms with E-state index in [1.54, 1.807) is 6.20 Å². The zero-order valence-corrected chi connectivity index (χ0v) is 18.5. The molecule has 4 aromatic rings. The van der Waals surface area contributed by atoms with E-state index in [0.717, 1.165) is 53.4 Å². The number of hydrogen-bond acceptors (Lipinski definition) is 9. The summed E-state index contributed by atoms with van der Waals surface area (Å²) in [6, 6.07) is 14.0. The second-order valence-corrected chi connectivity index (χ2v) is 8.99. The third kappa shape index (κ3) is 4.76. The van der Waals surface area contributed by atoms with Crippen LogP contribution in [0.25, 0.3) is 16.4 Å². The molecule has 0 atom stereocenters. The standard InChI is InChI=1S/C22H24N8OS/c1-14-11-19(24-15-7-9-17(31)10-8-15)25-20(12-14)26-22-23-13-18(32-22)21-27-29-30(28-21)16-5-3-2-4-6-16/h2-6,11-13,15,17,31H,7-10H2,1H3,(H2,23,24,25,26). The van der Waals surface area contributed by atoms with Crippen molar-refractivity contribution in [2.45, 2.75) is 44.8 Å². The maximum atomic E-state index is 9.72. The van der Waals surface area contributed by atoms with Crippen LogP contribution in [0.4, 0.5) is 16.8 Å². The van der Waals surface area contributed by atoms with Crippen molar-refractivity contribution in [3.63, 3.8) is 0 Å². The number of aliphatic hydroxyl groups excluding tert-OH is 1. The molecule has 0 radical (unpaired) electrons. The number of anilines is 3. The monoisotopic (exact) mass is 448 g/mol. The van der Waals surface area contributed by atoms with Crippen LogP contribution in [0.1, 0.15) is 31.2 Å². The topological polar surface area (TPSA) is 114 Å². The summed E-state index contributed by atoms with van der Waals surface area (Å²) in [5.41, 5.74) is 1.95. The highest BCUT2D eigenvalue weighted by Gasteiger charge is 2.19. The summed E-state index contributed by atoms with van der Waals surface area (Å²) < 4.78 is 0. The van der Waals surface area contributed by atoms with E-state index in [2.05, 4.69) is 31.0 Å². The molecule has 3 N–H and O–H groups in total. The van der Waals surface area contributed by atoms with Crippen molar-refractivity contribution >= 4 is 28.1 Å². The first-order chi connectivity index (χ1) is 15.6. The summed E-state index contributed by atoms with van der Waals surface area (Å²) in [6.07, 6.45) is 5.14. The number of aliphatic hydroxyl groups is 1. The normalized spacial score (nSPS) is 18.4. The molecule has 0 amide bonds. The number of hydrogen-bond donors (Lipinski definition) is 3. The third-order valence-electron chi connectivity index (χ3n) is 5.38. The molecule has 1 aliphatic rings. The van der Waals surface area contributed by atoms with E-state index in [-0.39, 0.29) is 6.10 Å². The van der Waals surface area contributed by atoms with Gasteiger partial charge >= 0.3 is 0 Å². The van der Waals surface area contributed by atoms with Gasteiger partial charge < -0.3 is 15.7 Å². The Morgan fingerprint density at radius 1 is 1.06 bits per heavy atom. The van der Waals surface area contributed by atoms with Crippen molar-refractivity contribution < 1.29 is 5.11 Å². The van der Waals surface area contributed by atoms with Gasteiger partial charge in [-0.25, -0.2) is 9.97 Å². The molecule has 3 aromatic heterocycles. The van der Waals surface area contributed by atoms with Gasteiger partial charge in [-0.1, -0.05) is 29.5 Å². The number of nitrogens with one attached hydrogen (secondary N) is 2. The molecule has 0 unspecified atom stereocenters. The number of para-hydroxylation sites is 1. The van der Waals surface area contributed by atoms with E-state index in [0.29, 0.717) is 17.0 Å². The molecule has 32 heavy (non-hydrogen) atoms. The highest BCUT2D eigenvalue weighted by Crippen LogP contribution is 2.29. The Morgan fingerprint density at radius 3 is 2.66 bits per heavy atom. The largest absolute Gasteiger partial charge is 0.393 e. The second kappa shape index (κ2) is 9.01. The van der Waals surface area contributed by atoms with Crippen LogP contribution in [0.2, 0.25) is 0 Å². The van der Waals surface area contributed by atoms with Crippen molar-refractivity contribution in [2.24, 2.45) is 0 Å². The van der Waals surface area contributed by atoms with Gasteiger partial charge in [0.05, 0.1) is 22.9 Å². The molecule has 3 heterocycles. The van der Waals surface area contributed by atoms with Gasteiger partial charge in [-0.3, -0.25) is 0 Å². The number of aromatic nitrogens is 6. The smallest absolute Gasteiger partial charge is 0.216 e. The summed E-state index contributed by atoms with van der Waals surface area (Å²) in [6.45, 7) is 2.04. The minimum atomic E-state index is -0.168. The van der Waals surface area contributed by atoms with Gasteiger partial charge in [0.2, 0.25) is 5.82 Å². The predicted octanol–water partition coefficient (Wildman–Crippen LogP) is 3.95. The van der Waals surface area contributed by atoms with E-state index < -0.39 is 0 Å². The van der Waals surface area contributed by atoms with E-state index in [1.165, 1.54) is 16.1 Å². The highest BCUT2D eigenvalue weighted by atomic mass is 32.1. The van der Waals surface area contributed by atoms with Gasteiger partial charge in [-0.05, 0) is 67.6 Å². The summed E-state index contributed by atoms with van der Waals surface area (Å²) in [5.74, 6) is 2.08. The van der Waals surface area contributed by atoms with Gasteiger partial charge in [0.15, 0.2) is 5.13 Å². The zero-order chi connectivity index (χ0) is 21.9. The first-order valence-corrected chi connectivity index (χ1v) is 11.5. The fourth-order valence-electron chi connectivity index (χ4n) is 3.76. The van der Waals surface area contributed by atoms with Crippen LogP contribution in [-0.2, 0) is 0 Å². The summed E-state index contributed by atoms with van der Waals surface area (Å²) in [7, 11) is 0. The lowest BCUT2D eigenvalue weighted by molar-refractivity contribution is 0.126. The quantitative estimate of drug-likeness (QED) is 0.406. The van der Waals surface area contributed by atoms with Crippen molar-refractivity contribution in [3.8, 4) is 16.4 Å². The average molecular weight is 449 g/mol. The predicted molar refractivity (Wildman–Crippen MR) is 124 cm³/mol. The fourth-order valence-corrected chi connectivity index (χ4v) is 4.51. The molecule has 9 nitrogen and oxygen atoms in total. The molecule has 5 rings (SSSR count). The minimum absolute atomic E-state index is 0.168. The van der Waals surface area contributed by atoms with Crippen molar-refractivity contribution in [1.29, 1.82) is 0 Å². The number of nitrogens with zero attached hydrogens (tertiary/aromatic N) is 6. The first-order valence-electron chi connectivity index (χ1n) is 10.6. The lowest BCUT2D eigenvalue weighted by Crippen LogP contribution is -2.28. The van der Waals surface area contributed by atoms with Crippen molar-refractivity contribution in [3.05, 3.63) is 54.2 Å². The summed E-state index contributed by atoms with van der Waals surface area (Å²) in [5, 5.41) is 30.0. The number of thiazole rings is 1. The van der Waals surface area contributed by atoms with E-state index in [1.807, 2.05) is 49.4 Å². The Labute approximate surface area is 189 Å².